The lowest BCUT2D eigenvalue weighted by molar-refractivity contribution is 0.359. The summed E-state index contributed by atoms with van der Waals surface area (Å²) in [4.78, 5) is 0. The summed E-state index contributed by atoms with van der Waals surface area (Å²) in [6.07, 6.45) is 1.57. The molecule has 0 unspecified atom stereocenters. The molecular weight excluding hydrogens is 172 g/mol. The number of halogens is 1. The molecule has 0 saturated heterocycles. The molecule has 0 amide bonds. The first-order chi connectivity index (χ1) is 5.83. The van der Waals surface area contributed by atoms with Gasteiger partial charge in [-0.15, -0.1) is 0 Å². The molecule has 2 heteroatoms. The molecule has 0 saturated carbocycles. The summed E-state index contributed by atoms with van der Waals surface area (Å²) in [6.45, 7) is 3.91. The third-order valence-electron chi connectivity index (χ3n) is 1.34. The van der Waals surface area contributed by atoms with Gasteiger partial charge in [0.1, 0.15) is 12.4 Å². The van der Waals surface area contributed by atoms with E-state index in [1.54, 1.807) is 6.08 Å². The van der Waals surface area contributed by atoms with Crippen LogP contribution in [0.15, 0.2) is 41.4 Å². The van der Waals surface area contributed by atoms with Crippen molar-refractivity contribution in [3.05, 3.63) is 48.4 Å². The minimum Gasteiger partial charge on any atom is -0.488 e. The van der Waals surface area contributed by atoms with Crippen molar-refractivity contribution in [2.75, 3.05) is 6.61 Å². The van der Waals surface area contributed by atoms with Crippen LogP contribution in [-0.4, -0.2) is 6.61 Å². The predicted octanol–water partition coefficient (Wildman–Crippen LogP) is 3.02. The monoisotopic (exact) mass is 181 g/mol. The van der Waals surface area contributed by atoms with E-state index in [9.17, 15) is 0 Å². The molecule has 63 valence electrons. The number of para-hydroxylation sites is 1. The highest BCUT2D eigenvalue weighted by Crippen LogP contribution is 2.10. The van der Waals surface area contributed by atoms with E-state index in [4.69, 9.17) is 16.3 Å². The van der Waals surface area contributed by atoms with Crippen LogP contribution in [0.4, 0.5) is 0 Å². The maximum absolute atomic E-state index is 5.69. The van der Waals surface area contributed by atoms with Gasteiger partial charge in [0.15, 0.2) is 0 Å². The van der Waals surface area contributed by atoms with Crippen molar-refractivity contribution >= 4 is 11.6 Å². The Morgan fingerprint density at radius 3 is 2.67 bits per heavy atom. The predicted molar refractivity (Wildman–Crippen MR) is 51.2 cm³/mol. The Bertz CT molecular complexity index is 254. The minimum absolute atomic E-state index is 0.384. The van der Waals surface area contributed by atoms with E-state index in [1.165, 1.54) is 0 Å². The summed E-state index contributed by atoms with van der Waals surface area (Å²) >= 11 is 5.69. The summed E-state index contributed by atoms with van der Waals surface area (Å²) in [7, 11) is 0. The fourth-order valence-electron chi connectivity index (χ4n) is 0.728. The van der Waals surface area contributed by atoms with Gasteiger partial charge in [0.05, 0.1) is 5.03 Å². The van der Waals surface area contributed by atoms with Crippen LogP contribution in [-0.2, 0) is 0 Å². The maximum atomic E-state index is 5.69. The van der Waals surface area contributed by atoms with E-state index in [0.29, 0.717) is 11.6 Å². The van der Waals surface area contributed by atoms with Crippen LogP contribution >= 0.6 is 11.6 Å². The molecule has 1 rings (SSSR count). The van der Waals surface area contributed by atoms with Gasteiger partial charge in [-0.1, -0.05) is 35.9 Å². The first kappa shape index (κ1) is 9.14. The highest BCUT2D eigenvalue weighted by molar-refractivity contribution is 6.29. The Hall–Kier alpha value is -0.950. The van der Waals surface area contributed by atoms with Crippen molar-refractivity contribution in [2.45, 2.75) is 0 Å². The van der Waals surface area contributed by atoms with Gasteiger partial charge in [-0.25, -0.2) is 0 Å². The summed E-state index contributed by atoms with van der Waals surface area (Å²) in [5, 5.41) is 0.610. The normalized spacial score (nSPS) is 11.3. The Balaban J connectivity index is 2.44. The number of rotatable bonds is 3. The van der Waals surface area contributed by atoms with Crippen LogP contribution in [0.3, 0.4) is 0 Å². The van der Waals surface area contributed by atoms with Gasteiger partial charge in [-0.05, 0) is 19.1 Å². The van der Waals surface area contributed by atoms with Gasteiger partial charge in [0.25, 0.3) is 0 Å². The molecule has 1 aromatic rings. The number of hydrogen-bond donors (Lipinski definition) is 0. The first-order valence-corrected chi connectivity index (χ1v) is 4.02. The lowest BCUT2D eigenvalue weighted by Crippen LogP contribution is -1.96. The Morgan fingerprint density at radius 1 is 1.42 bits per heavy atom. The van der Waals surface area contributed by atoms with Crippen molar-refractivity contribution in [3.8, 4) is 5.75 Å². The van der Waals surface area contributed by atoms with E-state index >= 15 is 0 Å². The maximum Gasteiger partial charge on any atom is 0.123 e. The van der Waals surface area contributed by atoms with E-state index in [1.807, 2.05) is 30.3 Å². The number of hydrogen-bond acceptors (Lipinski definition) is 1. The quantitative estimate of drug-likeness (QED) is 0.697. The molecule has 0 aliphatic rings. The van der Waals surface area contributed by atoms with Crippen LogP contribution < -0.4 is 4.74 Å². The molecule has 1 aromatic carbocycles. The minimum atomic E-state index is 0.384. The Labute approximate surface area is 77.6 Å². The zero-order valence-electron chi connectivity index (χ0n) is 6.66. The van der Waals surface area contributed by atoms with Gasteiger partial charge in [-0.3, -0.25) is 0 Å². The van der Waals surface area contributed by atoms with Crippen LogP contribution in [0.2, 0.25) is 0 Å². The fraction of sp³-hybridized carbons (Fsp3) is 0.100. The van der Waals surface area contributed by atoms with Crippen molar-refractivity contribution in [1.82, 2.24) is 0 Å². The van der Waals surface area contributed by atoms with Crippen LogP contribution in [0.5, 0.6) is 5.75 Å². The zero-order chi connectivity index (χ0) is 8.81. The lowest BCUT2D eigenvalue weighted by Gasteiger charge is -2.03. The molecule has 0 heterocycles. The van der Waals surface area contributed by atoms with Crippen LogP contribution in [0.25, 0.3) is 0 Å². The van der Waals surface area contributed by atoms with Gasteiger partial charge in [0.2, 0.25) is 0 Å². The molecule has 12 heavy (non-hydrogen) atoms. The molecule has 1 radical (unpaired) electrons. The van der Waals surface area contributed by atoms with Crippen molar-refractivity contribution in [1.29, 1.82) is 0 Å². The molecular formula is C10H10ClO. The second-order valence-electron chi connectivity index (χ2n) is 2.25. The second-order valence-corrected chi connectivity index (χ2v) is 2.74. The fourth-order valence-corrected chi connectivity index (χ4v) is 0.782. The van der Waals surface area contributed by atoms with Gasteiger partial charge >= 0.3 is 0 Å². The van der Waals surface area contributed by atoms with Gasteiger partial charge in [-0.2, -0.15) is 0 Å². The van der Waals surface area contributed by atoms with Crippen molar-refractivity contribution in [2.24, 2.45) is 0 Å². The smallest absolute Gasteiger partial charge is 0.123 e. The summed E-state index contributed by atoms with van der Waals surface area (Å²) in [5.41, 5.74) is 0. The third-order valence-corrected chi connectivity index (χ3v) is 1.60. The van der Waals surface area contributed by atoms with E-state index < -0.39 is 0 Å². The van der Waals surface area contributed by atoms with Crippen LogP contribution in [0.1, 0.15) is 0 Å². The van der Waals surface area contributed by atoms with Gasteiger partial charge in [0, 0.05) is 0 Å². The van der Waals surface area contributed by atoms with Crippen molar-refractivity contribution in [3.63, 3.8) is 0 Å². The number of allylic oxidation sites excluding steroid dienone is 1. The van der Waals surface area contributed by atoms with Crippen molar-refractivity contribution < 1.29 is 4.74 Å². The van der Waals surface area contributed by atoms with Crippen LogP contribution in [0, 0.1) is 6.92 Å². The molecule has 0 spiro atoms. The molecule has 0 bridgehead atoms. The highest BCUT2D eigenvalue weighted by Gasteiger charge is 1.92. The summed E-state index contributed by atoms with van der Waals surface area (Å²) < 4.78 is 5.32. The Kier molecular flexibility index (Phi) is 3.68. The Morgan fingerprint density at radius 2 is 2.08 bits per heavy atom. The second kappa shape index (κ2) is 4.83. The average molecular weight is 182 g/mol. The zero-order valence-corrected chi connectivity index (χ0v) is 7.42. The standard InChI is InChI=1S/C10H10ClO/c1-2-9(11)8-12-10-6-4-3-5-7-10/h2-7H,1,8H2. The highest BCUT2D eigenvalue weighted by atomic mass is 35.5. The topological polar surface area (TPSA) is 9.23 Å². The largest absolute Gasteiger partial charge is 0.488 e. The molecule has 0 aliphatic carbocycles. The first-order valence-electron chi connectivity index (χ1n) is 3.64. The molecule has 0 fully saturated rings. The average Bonchev–Trinajstić information content (AvgIpc) is 2.16. The van der Waals surface area contributed by atoms with E-state index in [-0.39, 0.29) is 0 Å². The molecule has 0 aliphatic heterocycles. The molecule has 0 atom stereocenters. The van der Waals surface area contributed by atoms with E-state index in [0.717, 1.165) is 5.75 Å². The van der Waals surface area contributed by atoms with Gasteiger partial charge < -0.3 is 4.74 Å². The van der Waals surface area contributed by atoms with E-state index in [2.05, 4.69) is 6.92 Å². The molecule has 0 aromatic heterocycles. The lowest BCUT2D eigenvalue weighted by atomic mass is 10.3. The molecule has 0 N–H and O–H groups in total. The number of benzene rings is 1. The summed E-state index contributed by atoms with van der Waals surface area (Å²) in [5.74, 6) is 0.817. The number of ether oxygens (including phenoxy) is 1. The SMILES string of the molecule is [CH2]C=C(Cl)COc1ccccc1. The molecule has 1 nitrogen and oxygen atoms in total. The summed E-state index contributed by atoms with van der Waals surface area (Å²) in [6, 6.07) is 9.53. The third kappa shape index (κ3) is 2.97.